The summed E-state index contributed by atoms with van der Waals surface area (Å²) in [6.45, 7) is 2.71. The Kier molecular flexibility index (Phi) is 45.1. The van der Waals surface area contributed by atoms with Crippen LogP contribution in [0.15, 0.2) is 48.6 Å². The molecule has 0 aromatic heterocycles. The Morgan fingerprint density at radius 2 is 0.875 bits per heavy atom. The van der Waals surface area contributed by atoms with E-state index in [4.69, 9.17) is 24.8 Å². The Hall–Kier alpha value is -2.56. The summed E-state index contributed by atoms with van der Waals surface area (Å²) < 4.78 is 32.8. The number of rotatable bonds is 48. The Morgan fingerprint density at radius 3 is 1.33 bits per heavy atom. The molecule has 64 heavy (non-hydrogen) atoms. The second-order valence-corrected chi connectivity index (χ2v) is 18.7. The fourth-order valence-electron chi connectivity index (χ4n) is 7.08. The van der Waals surface area contributed by atoms with E-state index in [1.54, 1.807) is 0 Å². The van der Waals surface area contributed by atoms with Crippen LogP contribution in [0.1, 0.15) is 232 Å². The van der Waals surface area contributed by atoms with Gasteiger partial charge in [-0.1, -0.05) is 197 Å². The van der Waals surface area contributed by atoms with Crippen LogP contribution in [-0.2, 0) is 37.5 Å². The smallest absolute Gasteiger partial charge is 0.472 e. The SMILES string of the molecule is CC/C=C\C/C=C\C/C=C\CCCCCCCCCC(=O)OC(COC(=O)CCCCCCCCCCCCC/C=C\CCCCCCCCCC)COP(=O)(O)OCC(N)C(=O)O. The number of unbranched alkanes of at least 4 members (excludes halogenated alkanes) is 26. The third-order valence-corrected chi connectivity index (χ3v) is 12.0. The second kappa shape index (κ2) is 47.0. The summed E-state index contributed by atoms with van der Waals surface area (Å²) in [4.78, 5) is 46.2. The number of carboxylic acid groups (broad SMARTS) is 1. The standard InChI is InChI=1S/C52H94NO10P/c1-3-5-7-9-11-13-15-17-19-21-22-23-24-25-26-28-29-31-33-35-37-39-41-43-50(54)60-45-48(46-61-64(58,59)62-47-49(53)52(56)57)63-51(55)44-42-40-38-36-34-32-30-27-20-18-16-14-12-10-8-6-4-2/h6,8,12,14,18,20-22,48-49H,3-5,7,9-11,13,15-17,19,23-47,53H2,1-2H3,(H,56,57)(H,58,59)/b8-6-,14-12-,20-18-,22-21-. The normalized spacial score (nSPS) is 13.9. The third-order valence-electron chi connectivity index (χ3n) is 11.1. The van der Waals surface area contributed by atoms with Crippen LogP contribution < -0.4 is 5.73 Å². The zero-order chi connectivity index (χ0) is 47.0. The molecule has 0 amide bonds. The van der Waals surface area contributed by atoms with Crippen LogP contribution >= 0.6 is 7.82 Å². The number of hydrogen-bond donors (Lipinski definition) is 3. The fraction of sp³-hybridized carbons (Fsp3) is 0.788. The fourth-order valence-corrected chi connectivity index (χ4v) is 7.85. The Morgan fingerprint density at radius 1 is 0.500 bits per heavy atom. The molecule has 0 saturated carbocycles. The number of hydrogen-bond acceptors (Lipinski definition) is 9. The molecule has 0 rings (SSSR count). The summed E-state index contributed by atoms with van der Waals surface area (Å²) in [5.41, 5.74) is 5.35. The van der Waals surface area contributed by atoms with E-state index in [2.05, 4.69) is 67.0 Å². The Bertz CT molecular complexity index is 1270. The van der Waals surface area contributed by atoms with Gasteiger partial charge < -0.3 is 25.2 Å². The quantitative estimate of drug-likeness (QED) is 0.0229. The molecular formula is C52H94NO10P. The summed E-state index contributed by atoms with van der Waals surface area (Å²) in [7, 11) is -4.73. The van der Waals surface area contributed by atoms with Crippen molar-refractivity contribution in [3.05, 3.63) is 48.6 Å². The van der Waals surface area contributed by atoms with E-state index in [0.29, 0.717) is 12.8 Å². The minimum Gasteiger partial charge on any atom is -0.480 e. The van der Waals surface area contributed by atoms with E-state index in [-0.39, 0.29) is 19.4 Å². The third kappa shape index (κ3) is 46.0. The van der Waals surface area contributed by atoms with Gasteiger partial charge in [0.25, 0.3) is 0 Å². The highest BCUT2D eigenvalue weighted by molar-refractivity contribution is 7.47. The van der Waals surface area contributed by atoms with Gasteiger partial charge in [-0.05, 0) is 70.6 Å². The molecule has 372 valence electrons. The number of esters is 2. The number of carbonyl (C=O) groups excluding carboxylic acids is 2. The van der Waals surface area contributed by atoms with Gasteiger partial charge in [-0.2, -0.15) is 0 Å². The molecule has 12 heteroatoms. The average molecular weight is 924 g/mol. The van der Waals surface area contributed by atoms with Crippen LogP contribution in [0.5, 0.6) is 0 Å². The number of carboxylic acids is 1. The van der Waals surface area contributed by atoms with Crippen molar-refractivity contribution in [2.75, 3.05) is 19.8 Å². The zero-order valence-electron chi connectivity index (χ0n) is 40.6. The lowest BCUT2D eigenvalue weighted by Crippen LogP contribution is -2.34. The van der Waals surface area contributed by atoms with E-state index in [9.17, 15) is 23.8 Å². The maximum absolute atomic E-state index is 12.7. The van der Waals surface area contributed by atoms with Crippen LogP contribution in [0.3, 0.4) is 0 Å². The van der Waals surface area contributed by atoms with Crippen molar-refractivity contribution in [2.24, 2.45) is 5.73 Å². The molecule has 0 aromatic carbocycles. The van der Waals surface area contributed by atoms with Gasteiger partial charge in [0.05, 0.1) is 13.2 Å². The first-order valence-electron chi connectivity index (χ1n) is 25.7. The molecule has 0 fully saturated rings. The van der Waals surface area contributed by atoms with Gasteiger partial charge in [0.2, 0.25) is 0 Å². The topological polar surface area (TPSA) is 172 Å². The zero-order valence-corrected chi connectivity index (χ0v) is 41.5. The van der Waals surface area contributed by atoms with Gasteiger partial charge in [-0.3, -0.25) is 23.4 Å². The molecule has 3 unspecified atom stereocenters. The van der Waals surface area contributed by atoms with Crippen LogP contribution in [0, 0.1) is 0 Å². The number of allylic oxidation sites excluding steroid dienone is 8. The highest BCUT2D eigenvalue weighted by Crippen LogP contribution is 2.43. The number of carbonyl (C=O) groups is 3. The molecule has 0 bridgehead atoms. The number of ether oxygens (including phenoxy) is 2. The van der Waals surface area contributed by atoms with Gasteiger partial charge >= 0.3 is 25.7 Å². The van der Waals surface area contributed by atoms with Crippen LogP contribution in [0.2, 0.25) is 0 Å². The molecule has 0 aliphatic rings. The number of nitrogens with two attached hydrogens (primary N) is 1. The summed E-state index contributed by atoms with van der Waals surface area (Å²) in [6, 6.07) is -1.52. The molecule has 0 heterocycles. The average Bonchev–Trinajstić information content (AvgIpc) is 3.27. The van der Waals surface area contributed by atoms with Gasteiger partial charge in [-0.15, -0.1) is 0 Å². The first kappa shape index (κ1) is 61.4. The molecule has 0 radical (unpaired) electrons. The second-order valence-electron chi connectivity index (χ2n) is 17.3. The summed E-state index contributed by atoms with van der Waals surface area (Å²) >= 11 is 0. The van der Waals surface area contributed by atoms with Crippen molar-refractivity contribution in [3.8, 4) is 0 Å². The van der Waals surface area contributed by atoms with Crippen molar-refractivity contribution in [1.82, 2.24) is 0 Å². The largest absolute Gasteiger partial charge is 0.480 e. The lowest BCUT2D eigenvalue weighted by molar-refractivity contribution is -0.161. The predicted molar refractivity (Wildman–Crippen MR) is 263 cm³/mol. The molecule has 0 aromatic rings. The van der Waals surface area contributed by atoms with Crippen molar-refractivity contribution in [1.29, 1.82) is 0 Å². The molecule has 0 aliphatic heterocycles. The van der Waals surface area contributed by atoms with Gasteiger partial charge in [-0.25, -0.2) is 4.57 Å². The van der Waals surface area contributed by atoms with Crippen molar-refractivity contribution >= 4 is 25.7 Å². The van der Waals surface area contributed by atoms with Crippen molar-refractivity contribution in [3.63, 3.8) is 0 Å². The van der Waals surface area contributed by atoms with E-state index >= 15 is 0 Å². The predicted octanol–water partition coefficient (Wildman–Crippen LogP) is 14.5. The van der Waals surface area contributed by atoms with Crippen LogP contribution in [0.25, 0.3) is 0 Å². The van der Waals surface area contributed by atoms with Gasteiger partial charge in [0.1, 0.15) is 12.6 Å². The summed E-state index contributed by atoms with van der Waals surface area (Å²) in [6.07, 6.45) is 54.6. The highest BCUT2D eigenvalue weighted by Gasteiger charge is 2.28. The van der Waals surface area contributed by atoms with Crippen LogP contribution in [0.4, 0.5) is 0 Å². The molecule has 0 saturated heterocycles. The lowest BCUT2D eigenvalue weighted by atomic mass is 10.0. The highest BCUT2D eigenvalue weighted by atomic mass is 31.2. The first-order valence-corrected chi connectivity index (χ1v) is 27.2. The lowest BCUT2D eigenvalue weighted by Gasteiger charge is -2.20. The summed E-state index contributed by atoms with van der Waals surface area (Å²) in [5, 5.41) is 8.92. The van der Waals surface area contributed by atoms with E-state index in [1.807, 2.05) is 0 Å². The number of aliphatic carboxylic acids is 1. The Balaban J connectivity index is 4.22. The van der Waals surface area contributed by atoms with Crippen molar-refractivity contribution < 1.29 is 47.5 Å². The maximum Gasteiger partial charge on any atom is 0.472 e. The van der Waals surface area contributed by atoms with E-state index in [1.165, 1.54) is 116 Å². The Labute approximate surface area is 390 Å². The molecular weight excluding hydrogens is 830 g/mol. The number of phosphoric acid groups is 1. The molecule has 4 N–H and O–H groups in total. The van der Waals surface area contributed by atoms with Crippen molar-refractivity contribution in [2.45, 2.75) is 244 Å². The maximum atomic E-state index is 12.7. The van der Waals surface area contributed by atoms with E-state index < -0.39 is 51.1 Å². The minimum absolute atomic E-state index is 0.149. The summed E-state index contributed by atoms with van der Waals surface area (Å²) in [5.74, 6) is -2.39. The molecule has 11 nitrogen and oxygen atoms in total. The molecule has 0 aliphatic carbocycles. The first-order chi connectivity index (χ1) is 31.1. The van der Waals surface area contributed by atoms with E-state index in [0.717, 1.165) is 77.0 Å². The minimum atomic E-state index is -4.73. The van der Waals surface area contributed by atoms with Gasteiger partial charge in [0, 0.05) is 12.8 Å². The monoisotopic (exact) mass is 924 g/mol. The number of phosphoric ester groups is 1. The molecule has 0 spiro atoms. The van der Waals surface area contributed by atoms with Crippen LogP contribution in [-0.4, -0.2) is 59.9 Å². The van der Waals surface area contributed by atoms with Gasteiger partial charge in [0.15, 0.2) is 6.10 Å². The molecule has 3 atom stereocenters.